The van der Waals surface area contributed by atoms with Crippen molar-refractivity contribution in [2.75, 3.05) is 33.3 Å². The number of hydrogen-bond acceptors (Lipinski definition) is 4. The summed E-state index contributed by atoms with van der Waals surface area (Å²) >= 11 is 0. The molecule has 4 heteroatoms. The van der Waals surface area contributed by atoms with Crippen LogP contribution in [-0.2, 0) is 9.53 Å². The van der Waals surface area contributed by atoms with E-state index in [0.29, 0.717) is 18.5 Å². The van der Waals surface area contributed by atoms with Crippen LogP contribution in [0.3, 0.4) is 0 Å². The average Bonchev–Trinajstić information content (AvgIpc) is 2.36. The Kier molecular flexibility index (Phi) is 5.64. The second kappa shape index (κ2) is 7.25. The highest BCUT2D eigenvalue weighted by molar-refractivity contribution is 5.71. The summed E-state index contributed by atoms with van der Waals surface area (Å²) in [6.45, 7) is 5.86. The molecule has 0 bridgehead atoms. The number of likely N-dealkylation sites (tertiary alicyclic amines) is 1. The summed E-state index contributed by atoms with van der Waals surface area (Å²) in [5.74, 6) is 1.49. The van der Waals surface area contributed by atoms with Crippen LogP contribution < -0.4 is 5.32 Å². The number of rotatable bonds is 6. The molecule has 110 valence electrons. The van der Waals surface area contributed by atoms with Crippen LogP contribution in [0, 0.1) is 11.8 Å². The molecule has 2 fully saturated rings. The zero-order valence-corrected chi connectivity index (χ0v) is 12.4. The van der Waals surface area contributed by atoms with Crippen molar-refractivity contribution in [3.05, 3.63) is 0 Å². The summed E-state index contributed by atoms with van der Waals surface area (Å²) in [6.07, 6.45) is 6.63. The van der Waals surface area contributed by atoms with Gasteiger partial charge in [-0.3, -0.25) is 9.69 Å². The summed E-state index contributed by atoms with van der Waals surface area (Å²) in [7, 11) is 1.47. The van der Waals surface area contributed by atoms with Crippen LogP contribution >= 0.6 is 0 Å². The number of carbonyl (C=O) groups is 1. The maximum atomic E-state index is 11.4. The highest BCUT2D eigenvalue weighted by Crippen LogP contribution is 2.26. The molecule has 19 heavy (non-hydrogen) atoms. The lowest BCUT2D eigenvalue weighted by molar-refractivity contribution is -0.142. The minimum absolute atomic E-state index is 0.116. The predicted octanol–water partition coefficient (Wildman–Crippen LogP) is 1.65. The molecule has 2 unspecified atom stereocenters. The maximum absolute atomic E-state index is 11.4. The molecule has 0 radical (unpaired) electrons. The van der Waals surface area contributed by atoms with Crippen molar-refractivity contribution in [1.29, 1.82) is 0 Å². The molecule has 1 saturated carbocycles. The van der Waals surface area contributed by atoms with Gasteiger partial charge in [-0.25, -0.2) is 0 Å². The van der Waals surface area contributed by atoms with Crippen LogP contribution in [0.4, 0.5) is 0 Å². The number of ether oxygens (including phenoxy) is 1. The van der Waals surface area contributed by atoms with Crippen molar-refractivity contribution in [3.8, 4) is 0 Å². The summed E-state index contributed by atoms with van der Waals surface area (Å²) in [5.41, 5.74) is 0. The van der Waals surface area contributed by atoms with Gasteiger partial charge in [0.25, 0.3) is 0 Å². The Morgan fingerprint density at radius 1 is 1.32 bits per heavy atom. The Morgan fingerprint density at radius 3 is 2.68 bits per heavy atom. The molecule has 1 aliphatic carbocycles. The molecule has 2 aliphatic rings. The molecular formula is C15H28N2O2. The summed E-state index contributed by atoms with van der Waals surface area (Å²) in [6, 6.07) is 0.545. The largest absolute Gasteiger partial charge is 0.468 e. The Morgan fingerprint density at radius 2 is 2.11 bits per heavy atom. The second-order valence-corrected chi connectivity index (χ2v) is 6.18. The first-order valence-corrected chi connectivity index (χ1v) is 7.73. The van der Waals surface area contributed by atoms with Gasteiger partial charge < -0.3 is 10.1 Å². The monoisotopic (exact) mass is 268 g/mol. The minimum atomic E-state index is -0.116. The van der Waals surface area contributed by atoms with Crippen molar-refractivity contribution in [3.63, 3.8) is 0 Å². The Hall–Kier alpha value is -0.610. The average molecular weight is 268 g/mol. The van der Waals surface area contributed by atoms with E-state index in [4.69, 9.17) is 4.74 Å². The van der Waals surface area contributed by atoms with Crippen molar-refractivity contribution in [2.24, 2.45) is 11.8 Å². The first-order chi connectivity index (χ1) is 9.21. The van der Waals surface area contributed by atoms with Gasteiger partial charge in [-0.15, -0.1) is 0 Å². The van der Waals surface area contributed by atoms with E-state index in [1.807, 2.05) is 0 Å². The molecule has 2 atom stereocenters. The molecule has 1 aliphatic heterocycles. The Labute approximate surface area is 116 Å². The number of nitrogens with zero attached hydrogens (tertiary/aromatic N) is 1. The molecule has 1 heterocycles. The molecule has 1 saturated heterocycles. The fourth-order valence-corrected chi connectivity index (χ4v) is 3.15. The van der Waals surface area contributed by atoms with E-state index in [0.717, 1.165) is 25.6 Å². The van der Waals surface area contributed by atoms with Crippen molar-refractivity contribution in [2.45, 2.75) is 45.1 Å². The summed E-state index contributed by atoms with van der Waals surface area (Å²) < 4.78 is 4.78. The third kappa shape index (κ3) is 4.46. The van der Waals surface area contributed by atoms with Crippen LogP contribution in [0.15, 0.2) is 0 Å². The molecule has 0 spiro atoms. The van der Waals surface area contributed by atoms with Crippen LogP contribution in [0.1, 0.15) is 39.0 Å². The van der Waals surface area contributed by atoms with Gasteiger partial charge >= 0.3 is 5.97 Å². The minimum Gasteiger partial charge on any atom is -0.468 e. The molecular weight excluding hydrogens is 240 g/mol. The van der Waals surface area contributed by atoms with Gasteiger partial charge in [-0.2, -0.15) is 0 Å². The quantitative estimate of drug-likeness (QED) is 0.744. The lowest BCUT2D eigenvalue weighted by Gasteiger charge is -2.38. The Bertz CT molecular complexity index is 292. The second-order valence-electron chi connectivity index (χ2n) is 6.18. The van der Waals surface area contributed by atoms with E-state index >= 15 is 0 Å². The normalized spacial score (nSPS) is 28.9. The van der Waals surface area contributed by atoms with Crippen LogP contribution in [-0.4, -0.2) is 50.2 Å². The van der Waals surface area contributed by atoms with Gasteiger partial charge in [-0.05, 0) is 37.6 Å². The number of hydrogen-bond donors (Lipinski definition) is 1. The van der Waals surface area contributed by atoms with Gasteiger partial charge in [0.05, 0.1) is 13.7 Å². The molecule has 1 N–H and O–H groups in total. The highest BCUT2D eigenvalue weighted by Gasteiger charge is 2.28. The van der Waals surface area contributed by atoms with Crippen LogP contribution in [0.2, 0.25) is 0 Å². The van der Waals surface area contributed by atoms with E-state index in [2.05, 4.69) is 17.1 Å². The lowest BCUT2D eigenvalue weighted by atomic mass is 9.85. The van der Waals surface area contributed by atoms with Crippen molar-refractivity contribution < 1.29 is 9.53 Å². The summed E-state index contributed by atoms with van der Waals surface area (Å²) in [4.78, 5) is 13.7. The number of methoxy groups -OCH3 is 1. The fraction of sp³-hybridized carbons (Fsp3) is 0.933. The molecule has 0 aromatic rings. The zero-order chi connectivity index (χ0) is 13.7. The van der Waals surface area contributed by atoms with Crippen molar-refractivity contribution in [1.82, 2.24) is 10.2 Å². The van der Waals surface area contributed by atoms with E-state index in [1.54, 1.807) is 0 Å². The SMILES string of the molecule is CCC1CC(NCC2CCC2)CN(CC(=O)OC)C1. The molecule has 4 nitrogen and oxygen atoms in total. The smallest absolute Gasteiger partial charge is 0.319 e. The first-order valence-electron chi connectivity index (χ1n) is 7.73. The third-order valence-corrected chi connectivity index (χ3v) is 4.69. The van der Waals surface area contributed by atoms with E-state index in [1.165, 1.54) is 39.2 Å². The van der Waals surface area contributed by atoms with E-state index in [9.17, 15) is 4.79 Å². The highest BCUT2D eigenvalue weighted by atomic mass is 16.5. The van der Waals surface area contributed by atoms with E-state index in [-0.39, 0.29) is 5.97 Å². The zero-order valence-electron chi connectivity index (χ0n) is 12.4. The lowest BCUT2D eigenvalue weighted by Crippen LogP contribution is -2.51. The topological polar surface area (TPSA) is 41.6 Å². The molecule has 2 rings (SSSR count). The molecule has 0 aromatic heterocycles. The van der Waals surface area contributed by atoms with Crippen LogP contribution in [0.25, 0.3) is 0 Å². The maximum Gasteiger partial charge on any atom is 0.319 e. The van der Waals surface area contributed by atoms with Crippen molar-refractivity contribution >= 4 is 5.97 Å². The fourth-order valence-electron chi connectivity index (χ4n) is 3.15. The van der Waals surface area contributed by atoms with Gasteiger partial charge in [0.2, 0.25) is 0 Å². The number of piperidine rings is 1. The summed E-state index contributed by atoms with van der Waals surface area (Å²) in [5, 5.41) is 3.72. The molecule has 0 aromatic carbocycles. The number of nitrogens with one attached hydrogen (secondary N) is 1. The number of carbonyl (C=O) groups excluding carboxylic acids is 1. The Balaban J connectivity index is 1.78. The first kappa shape index (κ1) is 14.8. The van der Waals surface area contributed by atoms with Gasteiger partial charge in [0.1, 0.15) is 0 Å². The van der Waals surface area contributed by atoms with Crippen LogP contribution in [0.5, 0.6) is 0 Å². The van der Waals surface area contributed by atoms with Gasteiger partial charge in [0.15, 0.2) is 0 Å². The molecule has 0 amide bonds. The number of esters is 1. The van der Waals surface area contributed by atoms with E-state index < -0.39 is 0 Å². The third-order valence-electron chi connectivity index (χ3n) is 4.69. The van der Waals surface area contributed by atoms with Gasteiger partial charge in [-0.1, -0.05) is 19.8 Å². The standard InChI is InChI=1S/C15H28N2O2/c1-3-12-7-14(16-8-13-5-4-6-13)10-17(9-12)11-15(18)19-2/h12-14,16H,3-11H2,1-2H3. The predicted molar refractivity (Wildman–Crippen MR) is 76.0 cm³/mol. The van der Waals surface area contributed by atoms with Gasteiger partial charge in [0, 0.05) is 19.1 Å².